The lowest BCUT2D eigenvalue weighted by atomic mass is 9.81. The number of hydrogen-bond acceptors (Lipinski definition) is 2. The molecular weight excluding hydrogens is 416 g/mol. The van der Waals surface area contributed by atoms with Crippen LogP contribution >= 0.6 is 0 Å². The summed E-state index contributed by atoms with van der Waals surface area (Å²) < 4.78 is 13.6. The van der Waals surface area contributed by atoms with Gasteiger partial charge in [-0.25, -0.2) is 0 Å². The largest absolute Gasteiger partial charge is 0.493 e. The average Bonchev–Trinajstić information content (AvgIpc) is 3.65. The van der Waals surface area contributed by atoms with Gasteiger partial charge < -0.3 is 9.47 Å². The molecule has 0 aromatic heterocycles. The molecule has 2 fully saturated rings. The maximum atomic E-state index is 6.78. The molecule has 0 N–H and O–H groups in total. The zero-order valence-corrected chi connectivity index (χ0v) is 22.3. The van der Waals surface area contributed by atoms with Crippen LogP contribution in [-0.4, -0.2) is 13.2 Å². The molecule has 4 atom stereocenters. The van der Waals surface area contributed by atoms with Gasteiger partial charge in [0, 0.05) is 22.3 Å². The second kappa shape index (κ2) is 11.7. The van der Waals surface area contributed by atoms with Crippen LogP contribution in [0.15, 0.2) is 0 Å². The van der Waals surface area contributed by atoms with Crippen LogP contribution in [0.5, 0.6) is 11.5 Å². The lowest BCUT2D eigenvalue weighted by Gasteiger charge is -2.30. The van der Waals surface area contributed by atoms with Gasteiger partial charge in [-0.1, -0.05) is 78.1 Å². The standard InChI is InChI=1S/C32H50O2/c1-3-5-7-9-11-13-19-33-31-27-23-15-17-25(21-23)29(27)32(34-20-14-12-10-8-6-4-2)30-26-18-16-24(22-26)28(30)31/h23-26H,3-22H2,1-2H3/t23-,24+,25+,26-. The van der Waals surface area contributed by atoms with Crippen LogP contribution in [-0.2, 0) is 0 Å². The number of benzene rings is 1. The molecule has 4 aliphatic rings. The molecular formula is C32H50O2. The van der Waals surface area contributed by atoms with E-state index in [1.807, 2.05) is 0 Å². The van der Waals surface area contributed by atoms with Gasteiger partial charge >= 0.3 is 0 Å². The zero-order valence-electron chi connectivity index (χ0n) is 22.3. The monoisotopic (exact) mass is 466 g/mol. The SMILES string of the molecule is CCCCCCCCOc1c2c(c(OCCCCCCCC)c3c1[C@H]1CC[C@@H]3C1)[C@H]1CC[C@@H]2C1. The van der Waals surface area contributed by atoms with E-state index in [1.165, 1.54) is 127 Å². The highest BCUT2D eigenvalue weighted by atomic mass is 16.5. The van der Waals surface area contributed by atoms with Crippen molar-refractivity contribution >= 4 is 0 Å². The van der Waals surface area contributed by atoms with Gasteiger partial charge in [0.05, 0.1) is 13.2 Å². The summed E-state index contributed by atoms with van der Waals surface area (Å²) in [6.07, 6.45) is 24.2. The van der Waals surface area contributed by atoms with Crippen molar-refractivity contribution in [3.63, 3.8) is 0 Å². The van der Waals surface area contributed by atoms with E-state index in [2.05, 4.69) is 13.8 Å². The number of ether oxygens (including phenoxy) is 2. The number of hydrogen-bond donors (Lipinski definition) is 0. The van der Waals surface area contributed by atoms with Crippen LogP contribution < -0.4 is 9.47 Å². The smallest absolute Gasteiger partial charge is 0.127 e. The van der Waals surface area contributed by atoms with E-state index < -0.39 is 0 Å². The Bertz CT molecular complexity index is 700. The summed E-state index contributed by atoms with van der Waals surface area (Å²) in [5.74, 6) is 5.68. The Kier molecular flexibility index (Phi) is 8.44. The number of rotatable bonds is 16. The van der Waals surface area contributed by atoms with Crippen molar-refractivity contribution in [3.05, 3.63) is 22.3 Å². The number of fused-ring (bicyclic) bond motifs is 10. The molecule has 0 heterocycles. The Morgan fingerprint density at radius 2 is 0.794 bits per heavy atom. The quantitative estimate of drug-likeness (QED) is 0.226. The highest BCUT2D eigenvalue weighted by molar-refractivity contribution is 5.68. The van der Waals surface area contributed by atoms with Crippen LogP contribution in [0.2, 0.25) is 0 Å². The Morgan fingerprint density at radius 3 is 1.15 bits per heavy atom. The Balaban J connectivity index is 1.32. The van der Waals surface area contributed by atoms with Crippen molar-refractivity contribution in [2.45, 2.75) is 153 Å². The molecule has 0 spiro atoms. The van der Waals surface area contributed by atoms with Crippen LogP contribution in [0.1, 0.15) is 175 Å². The van der Waals surface area contributed by atoms with Crippen LogP contribution in [0.25, 0.3) is 0 Å². The van der Waals surface area contributed by atoms with Crippen molar-refractivity contribution in [3.8, 4) is 11.5 Å². The first-order valence-corrected chi connectivity index (χ1v) is 15.3. The molecule has 4 aliphatic carbocycles. The van der Waals surface area contributed by atoms with Gasteiger partial charge in [0.15, 0.2) is 0 Å². The molecule has 4 bridgehead atoms. The topological polar surface area (TPSA) is 18.5 Å². The normalized spacial score (nSPS) is 25.7. The summed E-state index contributed by atoms with van der Waals surface area (Å²) in [6.45, 7) is 6.43. The fraction of sp³-hybridized carbons (Fsp3) is 0.812. The van der Waals surface area contributed by atoms with Gasteiger partial charge in [-0.15, -0.1) is 0 Å². The van der Waals surface area contributed by atoms with Crippen molar-refractivity contribution < 1.29 is 9.47 Å². The second-order valence-corrected chi connectivity index (χ2v) is 12.0. The van der Waals surface area contributed by atoms with Crippen LogP contribution in [0, 0.1) is 0 Å². The van der Waals surface area contributed by atoms with E-state index in [0.29, 0.717) is 0 Å². The van der Waals surface area contributed by atoms with E-state index in [0.717, 1.165) is 36.9 Å². The van der Waals surface area contributed by atoms with E-state index >= 15 is 0 Å². The molecule has 2 nitrogen and oxygen atoms in total. The van der Waals surface area contributed by atoms with Crippen molar-refractivity contribution in [2.24, 2.45) is 0 Å². The summed E-state index contributed by atoms with van der Waals surface area (Å²) in [5.41, 5.74) is 6.47. The third-order valence-corrected chi connectivity index (χ3v) is 9.55. The molecule has 1 aromatic carbocycles. The third-order valence-electron chi connectivity index (χ3n) is 9.55. The highest BCUT2D eigenvalue weighted by Gasteiger charge is 2.49. The Morgan fingerprint density at radius 1 is 0.471 bits per heavy atom. The lowest BCUT2D eigenvalue weighted by molar-refractivity contribution is 0.283. The molecule has 1 aromatic rings. The predicted molar refractivity (Wildman–Crippen MR) is 143 cm³/mol. The first kappa shape index (κ1) is 24.5. The first-order valence-electron chi connectivity index (χ1n) is 15.3. The first-order chi connectivity index (χ1) is 16.8. The van der Waals surface area contributed by atoms with Gasteiger partial charge in [-0.3, -0.25) is 0 Å². The molecule has 34 heavy (non-hydrogen) atoms. The molecule has 5 rings (SSSR count). The minimum atomic E-state index is 0.736. The average molecular weight is 467 g/mol. The molecule has 190 valence electrons. The molecule has 0 radical (unpaired) electrons. The van der Waals surface area contributed by atoms with Gasteiger partial charge in [0.25, 0.3) is 0 Å². The summed E-state index contributed by atoms with van der Waals surface area (Å²) in [5, 5.41) is 0. The van der Waals surface area contributed by atoms with Gasteiger partial charge in [0.2, 0.25) is 0 Å². The van der Waals surface area contributed by atoms with Crippen molar-refractivity contribution in [2.75, 3.05) is 13.2 Å². The highest BCUT2D eigenvalue weighted by Crippen LogP contribution is 2.67. The molecule has 0 amide bonds. The van der Waals surface area contributed by atoms with E-state index in [-0.39, 0.29) is 0 Å². The van der Waals surface area contributed by atoms with E-state index in [4.69, 9.17) is 9.47 Å². The van der Waals surface area contributed by atoms with Gasteiger partial charge in [0.1, 0.15) is 11.5 Å². The molecule has 0 aliphatic heterocycles. The fourth-order valence-corrected chi connectivity index (χ4v) is 7.84. The summed E-state index contributed by atoms with van der Waals surface area (Å²) >= 11 is 0. The van der Waals surface area contributed by atoms with Crippen LogP contribution in [0.4, 0.5) is 0 Å². The third kappa shape index (κ3) is 4.90. The summed E-state index contributed by atoms with van der Waals surface area (Å²) in [6, 6.07) is 0. The Hall–Kier alpha value is -1.18. The van der Waals surface area contributed by atoms with Crippen molar-refractivity contribution in [1.82, 2.24) is 0 Å². The second-order valence-electron chi connectivity index (χ2n) is 12.0. The molecule has 2 heteroatoms. The van der Waals surface area contributed by atoms with Gasteiger partial charge in [-0.05, 0) is 75.0 Å². The molecule has 0 saturated heterocycles. The van der Waals surface area contributed by atoms with E-state index in [1.54, 1.807) is 22.3 Å². The maximum absolute atomic E-state index is 6.78. The fourth-order valence-electron chi connectivity index (χ4n) is 7.84. The number of unbranched alkanes of at least 4 members (excludes halogenated alkanes) is 10. The van der Waals surface area contributed by atoms with Gasteiger partial charge in [-0.2, -0.15) is 0 Å². The zero-order chi connectivity index (χ0) is 23.3. The van der Waals surface area contributed by atoms with Crippen molar-refractivity contribution in [1.29, 1.82) is 0 Å². The lowest BCUT2D eigenvalue weighted by Crippen LogP contribution is -2.14. The minimum absolute atomic E-state index is 0.736. The summed E-state index contributed by atoms with van der Waals surface area (Å²) in [7, 11) is 0. The molecule has 2 saturated carbocycles. The van der Waals surface area contributed by atoms with Crippen LogP contribution in [0.3, 0.4) is 0 Å². The maximum Gasteiger partial charge on any atom is 0.127 e. The van der Waals surface area contributed by atoms with E-state index in [9.17, 15) is 0 Å². The molecule has 0 unspecified atom stereocenters. The predicted octanol–water partition coefficient (Wildman–Crippen LogP) is 9.89. The Labute approximate surface area is 209 Å². The summed E-state index contributed by atoms with van der Waals surface area (Å²) in [4.78, 5) is 0. The minimum Gasteiger partial charge on any atom is -0.493 e.